The predicted octanol–water partition coefficient (Wildman–Crippen LogP) is 11.8. The Morgan fingerprint density at radius 2 is 1.02 bits per heavy atom. The summed E-state index contributed by atoms with van der Waals surface area (Å²) in [5.41, 5.74) is 17.7. The van der Waals surface area contributed by atoms with Gasteiger partial charge >= 0.3 is 0 Å². The molecule has 0 aliphatic carbocycles. The maximum absolute atomic E-state index is 13.6. The van der Waals surface area contributed by atoms with Crippen LogP contribution in [0, 0.1) is 80.3 Å². The van der Waals surface area contributed by atoms with Gasteiger partial charge in [0, 0.05) is 113 Å². The zero-order valence-electron chi connectivity index (χ0n) is 49.6. The van der Waals surface area contributed by atoms with E-state index in [1.165, 1.54) is 27.8 Å². The van der Waals surface area contributed by atoms with Gasteiger partial charge in [-0.25, -0.2) is 0 Å². The maximum Gasteiger partial charge on any atom is 0.236 e. The number of ether oxygens (including phenoxy) is 3. The van der Waals surface area contributed by atoms with Gasteiger partial charge in [0.25, 0.3) is 0 Å². The minimum Gasteiger partial charge on any atom is -0.475 e. The Hall–Kier alpha value is -4.94. The van der Waals surface area contributed by atoms with E-state index in [4.69, 9.17) is 19.9 Å². The number of hydrogen-bond acceptors (Lipinski definition) is 10. The number of fused-ring (bicyclic) bond motifs is 4. The number of carbonyl (C=O) groups excluding carboxylic acids is 2. The van der Waals surface area contributed by atoms with Crippen molar-refractivity contribution in [3.8, 4) is 34.3 Å². The third kappa shape index (κ3) is 14.9. The monoisotopic (exact) mass is 1230 g/mol. The second-order valence-electron chi connectivity index (χ2n) is 24.9. The number of aliphatic hydroxyl groups is 1. The Kier molecular flexibility index (Phi) is 20.8. The summed E-state index contributed by atoms with van der Waals surface area (Å²) in [6.07, 6.45) is 8.90. The number of hydrogen-bond donors (Lipinski definition) is 5. The molecule has 0 saturated carbocycles. The van der Waals surface area contributed by atoms with Crippen molar-refractivity contribution < 1.29 is 70.7 Å². The van der Waals surface area contributed by atoms with Gasteiger partial charge < -0.3 is 40.2 Å². The van der Waals surface area contributed by atoms with E-state index in [1.807, 2.05) is 76.2 Å². The number of aliphatic hydroxyl groups excluding tert-OH is 1. The molecule has 4 atom stereocenters. The summed E-state index contributed by atoms with van der Waals surface area (Å²) < 4.78 is 17.7. The number of nitrogens with zero attached hydrogens (tertiary/aromatic N) is 4. The molecule has 2 aromatic heterocycles. The van der Waals surface area contributed by atoms with Crippen molar-refractivity contribution in [2.45, 2.75) is 169 Å². The first-order valence-corrected chi connectivity index (χ1v) is 29.4. The molecule has 11 rings (SSSR count). The molecule has 6 aromatic rings. The fraction of sp³-hybridized carbons (Fsp3) is 0.515. The predicted molar refractivity (Wildman–Crippen MR) is 317 cm³/mol. The van der Waals surface area contributed by atoms with Crippen molar-refractivity contribution in [1.82, 2.24) is 35.5 Å². The van der Waals surface area contributed by atoms with Crippen LogP contribution in [0.2, 0.25) is 0 Å². The second kappa shape index (κ2) is 27.2. The fourth-order valence-electron chi connectivity index (χ4n) is 12.6. The molecule has 6 N–H and O–H groups in total. The fourth-order valence-corrected chi connectivity index (χ4v) is 12.6. The Balaban J connectivity index is 0.000000185. The molecule has 7 heterocycles. The van der Waals surface area contributed by atoms with Gasteiger partial charge in [0.2, 0.25) is 23.6 Å². The van der Waals surface area contributed by atoms with Gasteiger partial charge in [0.15, 0.2) is 0 Å². The average Bonchev–Trinajstić information content (AvgIpc) is 4.05. The van der Waals surface area contributed by atoms with Crippen LogP contribution in [-0.2, 0) is 14.3 Å². The molecule has 4 bridgehead atoms. The molecule has 0 radical (unpaired) electrons. The SMILES string of the molecule is Cc1cc(C)cc(-c2[nH]nc(OCC(C)(C)C(=O)N3C4CCC3CC4)c2[C@H](C)CN)c1.Cc1cc(C)cc(-c2[nH]nc(OCC(C)(C)C(=O)N3C4CCC3CC4)c2[C@H](C)CNCC(O)c2ccccc2)c1.[Ce].c1ccc(C2CO2)cc1. The Morgan fingerprint density at radius 3 is 1.41 bits per heavy atom. The molecule has 5 fully saturated rings. The van der Waals surface area contributed by atoms with Crippen LogP contribution >= 0.6 is 0 Å². The van der Waals surface area contributed by atoms with Crippen LogP contribution in [0.15, 0.2) is 97.1 Å². The largest absolute Gasteiger partial charge is 0.475 e. The van der Waals surface area contributed by atoms with Crippen LogP contribution in [0.3, 0.4) is 0 Å². The molecule has 81 heavy (non-hydrogen) atoms. The molecule has 432 valence electrons. The minimum atomic E-state index is -0.650. The topological polar surface area (TPSA) is 187 Å². The number of nitrogens with one attached hydrogen (secondary N) is 3. The molecule has 2 unspecified atom stereocenters. The summed E-state index contributed by atoms with van der Waals surface area (Å²) >= 11 is 0. The number of aromatic nitrogens is 4. The molecule has 5 aliphatic heterocycles. The number of epoxide rings is 1. The number of rotatable bonds is 19. The number of carbonyl (C=O) groups is 2. The molecular formula is C66H88CeN8O6. The van der Waals surface area contributed by atoms with E-state index < -0.39 is 16.9 Å². The molecule has 15 heteroatoms. The van der Waals surface area contributed by atoms with Gasteiger partial charge in [-0.2, -0.15) is 0 Å². The van der Waals surface area contributed by atoms with Crippen LogP contribution in [0.5, 0.6) is 11.8 Å². The molecule has 4 aromatic carbocycles. The van der Waals surface area contributed by atoms with Gasteiger partial charge in [0.1, 0.15) is 19.3 Å². The Bertz CT molecular complexity index is 2970. The number of H-pyrrole nitrogens is 2. The van der Waals surface area contributed by atoms with E-state index in [2.05, 4.69) is 126 Å². The van der Waals surface area contributed by atoms with Gasteiger partial charge in [0.05, 0.1) is 34.9 Å². The summed E-state index contributed by atoms with van der Waals surface area (Å²) in [6, 6.07) is 34.5. The van der Waals surface area contributed by atoms with E-state index in [9.17, 15) is 14.7 Å². The molecule has 5 aliphatic rings. The molecule has 14 nitrogen and oxygen atoms in total. The molecule has 0 spiro atoms. The molecule has 2 amide bonds. The standard InChI is InChI=1S/C33H44N4O3.C25H36N4O2.C8H8O.Ce/c1-21-15-22(2)17-25(16-21)30-29(23(3)18-34-19-28(38)24-9-7-6-8-10-24)31(36-35-30)40-20-33(4,5)32(39)37-26-11-12-27(37)14-13-26;1-15-10-16(2)12-18(11-15)22-21(17(3)13-26)23(28-27-22)31-14-25(4,5)24(30)29-19-6-7-20(29)9-8-19;1-2-4-7(5-3-1)8-6-9-8;/h6-10,15-17,23,26-28,34,38H,11-14,18-20H2,1-5H3,(H,35,36);10-12,17,19-20H,6-9,13-14,26H2,1-5H3,(H,27,28);1-5,8H,6H2;/t23-,26?,27?,28?;17-,19?,20?;;/m11../s1. The normalized spacial score (nSPS) is 20.8. The van der Waals surface area contributed by atoms with Crippen LogP contribution < -0.4 is 20.5 Å². The third-order valence-corrected chi connectivity index (χ3v) is 17.0. The van der Waals surface area contributed by atoms with E-state index in [0.717, 1.165) is 97.2 Å². The van der Waals surface area contributed by atoms with Crippen LogP contribution in [0.1, 0.15) is 161 Å². The summed E-state index contributed by atoms with van der Waals surface area (Å²) in [4.78, 5) is 31.2. The summed E-state index contributed by atoms with van der Waals surface area (Å²) in [5, 5.41) is 29.6. The van der Waals surface area contributed by atoms with Gasteiger partial charge in [-0.3, -0.25) is 19.8 Å². The first-order chi connectivity index (χ1) is 38.3. The minimum absolute atomic E-state index is 0. The Labute approximate surface area is 514 Å². The zero-order valence-corrected chi connectivity index (χ0v) is 52.8. The number of aryl methyl sites for hydroxylation is 4. The zero-order chi connectivity index (χ0) is 56.9. The Morgan fingerprint density at radius 1 is 0.642 bits per heavy atom. The maximum atomic E-state index is 13.6. The third-order valence-electron chi connectivity index (χ3n) is 17.0. The summed E-state index contributed by atoms with van der Waals surface area (Å²) in [6.45, 7) is 23.6. The number of amides is 2. The van der Waals surface area contributed by atoms with Crippen LogP contribution in [-0.4, -0.2) is 111 Å². The number of aromatic amines is 2. The van der Waals surface area contributed by atoms with E-state index >= 15 is 0 Å². The van der Waals surface area contributed by atoms with Gasteiger partial charge in [-0.15, -0.1) is 10.2 Å². The van der Waals surface area contributed by atoms with Gasteiger partial charge in [-0.1, -0.05) is 109 Å². The second-order valence-corrected chi connectivity index (χ2v) is 24.9. The average molecular weight is 1230 g/mol. The summed E-state index contributed by atoms with van der Waals surface area (Å²) in [5.74, 6) is 1.61. The van der Waals surface area contributed by atoms with Crippen molar-refractivity contribution in [2.24, 2.45) is 16.6 Å². The van der Waals surface area contributed by atoms with Crippen molar-refractivity contribution in [3.63, 3.8) is 0 Å². The van der Waals surface area contributed by atoms with Crippen LogP contribution in [0.4, 0.5) is 0 Å². The van der Waals surface area contributed by atoms with E-state index in [0.29, 0.717) is 68.3 Å². The quantitative estimate of drug-likeness (QED) is 0.0489. The van der Waals surface area contributed by atoms with Crippen molar-refractivity contribution in [1.29, 1.82) is 0 Å². The summed E-state index contributed by atoms with van der Waals surface area (Å²) in [7, 11) is 0. The van der Waals surface area contributed by atoms with E-state index in [1.54, 1.807) is 0 Å². The number of benzene rings is 4. The smallest absolute Gasteiger partial charge is 0.236 e. The van der Waals surface area contributed by atoms with Crippen LogP contribution in [0.25, 0.3) is 22.5 Å². The number of nitrogens with two attached hydrogens (primary N) is 1. The molecular weight excluding hydrogens is 1140 g/mol. The van der Waals surface area contributed by atoms with Gasteiger partial charge in [-0.05, 0) is 149 Å². The van der Waals surface area contributed by atoms with Crippen molar-refractivity contribution in [3.05, 3.63) is 142 Å². The van der Waals surface area contributed by atoms with Crippen molar-refractivity contribution in [2.75, 3.05) is 39.5 Å². The van der Waals surface area contributed by atoms with Crippen molar-refractivity contribution >= 4 is 11.8 Å². The van der Waals surface area contributed by atoms with E-state index in [-0.39, 0.29) is 72.0 Å². The molecule has 5 saturated heterocycles. The first-order valence-electron chi connectivity index (χ1n) is 29.4. The first kappa shape index (κ1) is 62.1.